The van der Waals surface area contributed by atoms with Crippen molar-refractivity contribution in [2.24, 2.45) is 0 Å². The van der Waals surface area contributed by atoms with Gasteiger partial charge in [0.2, 0.25) is 5.71 Å². The first-order valence-corrected chi connectivity index (χ1v) is 8.05. The smallest absolute Gasteiger partial charge is 0.337 e. The summed E-state index contributed by atoms with van der Waals surface area (Å²) in [6.07, 6.45) is 1.14. The van der Waals surface area contributed by atoms with E-state index < -0.39 is 5.63 Å². The number of nitrogens with zero attached hydrogens (tertiary/aromatic N) is 1. The van der Waals surface area contributed by atoms with E-state index in [4.69, 9.17) is 13.9 Å². The lowest BCUT2D eigenvalue weighted by molar-refractivity contribution is 0.236. The minimum atomic E-state index is -0.537. The fourth-order valence-electron chi connectivity index (χ4n) is 2.41. The van der Waals surface area contributed by atoms with Crippen LogP contribution < -0.4 is 20.7 Å². The van der Waals surface area contributed by atoms with Crippen LogP contribution in [0.5, 0.6) is 11.8 Å². The summed E-state index contributed by atoms with van der Waals surface area (Å²) in [6.45, 7) is 2.63. The predicted molar refractivity (Wildman–Crippen MR) is 92.3 cm³/mol. The molecule has 7 nitrogen and oxygen atoms in total. The molecule has 130 valence electrons. The molecule has 7 heteroatoms. The van der Waals surface area contributed by atoms with Crippen molar-refractivity contribution in [2.75, 3.05) is 13.2 Å². The van der Waals surface area contributed by atoms with E-state index in [2.05, 4.69) is 9.97 Å². The molecule has 0 aliphatic heterocycles. The second-order valence-electron chi connectivity index (χ2n) is 5.36. The Labute approximate surface area is 143 Å². The molecular weight excluding hydrogens is 324 g/mol. The SMILES string of the molecule is CCc1cc(=O)oc2nc(OCCCOc3ccccc3)[nH]c(=O)c12. The third-order valence-corrected chi connectivity index (χ3v) is 3.60. The fraction of sp³-hybridized carbons (Fsp3) is 0.278. The second-order valence-corrected chi connectivity index (χ2v) is 5.36. The van der Waals surface area contributed by atoms with Crippen molar-refractivity contribution in [3.8, 4) is 11.8 Å². The van der Waals surface area contributed by atoms with Gasteiger partial charge in [0, 0.05) is 12.5 Å². The molecule has 2 aromatic heterocycles. The standard InChI is InChI=1S/C18H18N2O5/c1-2-12-11-14(21)25-17-15(12)16(22)19-18(20-17)24-10-6-9-23-13-7-4-3-5-8-13/h3-5,7-8,11H,2,6,9-10H2,1H3,(H,19,20,22). The van der Waals surface area contributed by atoms with Crippen molar-refractivity contribution in [3.63, 3.8) is 0 Å². The normalized spacial score (nSPS) is 10.8. The van der Waals surface area contributed by atoms with Gasteiger partial charge in [-0.3, -0.25) is 9.78 Å². The molecule has 0 saturated heterocycles. The zero-order valence-corrected chi connectivity index (χ0v) is 13.8. The van der Waals surface area contributed by atoms with E-state index in [-0.39, 0.29) is 22.7 Å². The van der Waals surface area contributed by atoms with Gasteiger partial charge in [0.05, 0.1) is 13.2 Å². The Morgan fingerprint density at radius 3 is 2.64 bits per heavy atom. The Hall–Kier alpha value is -3.09. The third-order valence-electron chi connectivity index (χ3n) is 3.60. The largest absolute Gasteiger partial charge is 0.493 e. The number of nitrogens with one attached hydrogen (secondary N) is 1. The lowest BCUT2D eigenvalue weighted by atomic mass is 10.1. The Morgan fingerprint density at radius 1 is 1.12 bits per heavy atom. The molecule has 0 bridgehead atoms. The number of H-pyrrole nitrogens is 1. The molecule has 0 atom stereocenters. The predicted octanol–water partition coefficient (Wildman–Crippen LogP) is 2.29. The zero-order chi connectivity index (χ0) is 17.6. The maximum Gasteiger partial charge on any atom is 0.337 e. The first-order valence-electron chi connectivity index (χ1n) is 8.05. The van der Waals surface area contributed by atoms with Gasteiger partial charge in [-0.1, -0.05) is 25.1 Å². The van der Waals surface area contributed by atoms with Crippen molar-refractivity contribution in [3.05, 3.63) is 62.7 Å². The summed E-state index contributed by atoms with van der Waals surface area (Å²) in [7, 11) is 0. The second kappa shape index (κ2) is 7.65. The van der Waals surface area contributed by atoms with E-state index in [1.807, 2.05) is 37.3 Å². The highest BCUT2D eigenvalue weighted by atomic mass is 16.5. The molecule has 0 saturated carbocycles. The van der Waals surface area contributed by atoms with Gasteiger partial charge in [-0.2, -0.15) is 4.98 Å². The Kier molecular flexibility index (Phi) is 5.13. The average Bonchev–Trinajstić information content (AvgIpc) is 2.61. The molecule has 3 aromatic rings. The lowest BCUT2D eigenvalue weighted by Gasteiger charge is -2.08. The molecule has 1 aromatic carbocycles. The highest BCUT2D eigenvalue weighted by Gasteiger charge is 2.12. The summed E-state index contributed by atoms with van der Waals surface area (Å²) in [5.41, 5.74) is -0.336. The maximum absolute atomic E-state index is 12.2. The van der Waals surface area contributed by atoms with Gasteiger partial charge in [-0.05, 0) is 24.1 Å². The maximum atomic E-state index is 12.2. The van der Waals surface area contributed by atoms with Gasteiger partial charge in [-0.25, -0.2) is 4.79 Å². The van der Waals surface area contributed by atoms with E-state index in [0.717, 1.165) is 5.75 Å². The molecule has 0 amide bonds. The van der Waals surface area contributed by atoms with Gasteiger partial charge >= 0.3 is 5.63 Å². The molecule has 0 aliphatic rings. The summed E-state index contributed by atoms with van der Waals surface area (Å²) in [5, 5.41) is 0.280. The minimum Gasteiger partial charge on any atom is -0.493 e. The van der Waals surface area contributed by atoms with E-state index >= 15 is 0 Å². The van der Waals surface area contributed by atoms with Crippen molar-refractivity contribution in [2.45, 2.75) is 19.8 Å². The fourth-order valence-corrected chi connectivity index (χ4v) is 2.41. The van der Waals surface area contributed by atoms with Gasteiger partial charge in [0.15, 0.2) is 0 Å². The molecule has 3 rings (SSSR count). The van der Waals surface area contributed by atoms with Crippen LogP contribution >= 0.6 is 0 Å². The van der Waals surface area contributed by atoms with E-state index in [9.17, 15) is 9.59 Å². The lowest BCUT2D eigenvalue weighted by Crippen LogP contribution is -2.16. The Bertz CT molecular complexity index is 963. The quantitative estimate of drug-likeness (QED) is 0.662. The molecule has 25 heavy (non-hydrogen) atoms. The number of hydrogen-bond acceptors (Lipinski definition) is 6. The van der Waals surface area contributed by atoms with Crippen LogP contribution in [0.1, 0.15) is 18.9 Å². The summed E-state index contributed by atoms with van der Waals surface area (Å²) < 4.78 is 16.0. The minimum absolute atomic E-state index is 0.0105. The van der Waals surface area contributed by atoms with Crippen molar-refractivity contribution in [1.82, 2.24) is 9.97 Å². The number of ether oxygens (including phenoxy) is 2. The number of aromatic nitrogens is 2. The summed E-state index contributed by atoms with van der Waals surface area (Å²) in [4.78, 5) is 30.4. The number of fused-ring (bicyclic) bond motifs is 1. The number of aryl methyl sites for hydroxylation is 1. The number of aromatic amines is 1. The molecular formula is C18H18N2O5. The van der Waals surface area contributed by atoms with Crippen LogP contribution in [0.2, 0.25) is 0 Å². The van der Waals surface area contributed by atoms with E-state index in [1.54, 1.807) is 0 Å². The Balaban J connectivity index is 1.64. The number of hydrogen-bond donors (Lipinski definition) is 1. The highest BCUT2D eigenvalue weighted by Crippen LogP contribution is 2.13. The highest BCUT2D eigenvalue weighted by molar-refractivity contribution is 5.75. The van der Waals surface area contributed by atoms with E-state index in [0.29, 0.717) is 31.6 Å². The van der Waals surface area contributed by atoms with Gasteiger partial charge in [0.25, 0.3) is 11.6 Å². The summed E-state index contributed by atoms with van der Waals surface area (Å²) >= 11 is 0. The summed E-state index contributed by atoms with van der Waals surface area (Å²) in [5.74, 6) is 0.786. The van der Waals surface area contributed by atoms with Crippen LogP contribution in [0, 0.1) is 0 Å². The molecule has 0 fully saturated rings. The van der Waals surface area contributed by atoms with Crippen LogP contribution in [0.25, 0.3) is 11.1 Å². The van der Waals surface area contributed by atoms with Crippen molar-refractivity contribution >= 4 is 11.1 Å². The van der Waals surface area contributed by atoms with Crippen molar-refractivity contribution < 1.29 is 13.9 Å². The van der Waals surface area contributed by atoms with Crippen LogP contribution in [-0.4, -0.2) is 23.2 Å². The summed E-state index contributed by atoms with van der Waals surface area (Å²) in [6, 6.07) is 10.8. The Morgan fingerprint density at radius 2 is 1.88 bits per heavy atom. The van der Waals surface area contributed by atoms with Crippen molar-refractivity contribution in [1.29, 1.82) is 0 Å². The van der Waals surface area contributed by atoms with E-state index in [1.165, 1.54) is 6.07 Å². The number of rotatable bonds is 7. The zero-order valence-electron chi connectivity index (χ0n) is 13.8. The molecule has 0 unspecified atom stereocenters. The average molecular weight is 342 g/mol. The van der Waals surface area contributed by atoms with Gasteiger partial charge in [0.1, 0.15) is 11.1 Å². The first-order chi connectivity index (χ1) is 12.2. The molecule has 2 heterocycles. The van der Waals surface area contributed by atoms with Crippen LogP contribution in [-0.2, 0) is 6.42 Å². The number of para-hydroxylation sites is 1. The molecule has 0 radical (unpaired) electrons. The van der Waals surface area contributed by atoms with Crippen LogP contribution in [0.3, 0.4) is 0 Å². The first kappa shape index (κ1) is 16.8. The molecule has 0 aliphatic carbocycles. The van der Waals surface area contributed by atoms with Crippen LogP contribution in [0.15, 0.2) is 50.4 Å². The topological polar surface area (TPSA) is 94.4 Å². The third kappa shape index (κ3) is 4.06. The monoisotopic (exact) mass is 342 g/mol. The molecule has 0 spiro atoms. The number of benzene rings is 1. The van der Waals surface area contributed by atoms with Gasteiger partial charge < -0.3 is 13.9 Å². The van der Waals surface area contributed by atoms with Crippen LogP contribution in [0.4, 0.5) is 0 Å². The molecule has 1 N–H and O–H groups in total. The van der Waals surface area contributed by atoms with Gasteiger partial charge in [-0.15, -0.1) is 0 Å².